The number of ketones is 1. The highest BCUT2D eigenvalue weighted by molar-refractivity contribution is 6.30. The third-order valence-electron chi connectivity index (χ3n) is 6.06. The summed E-state index contributed by atoms with van der Waals surface area (Å²) in [5.41, 5.74) is 3.49. The second-order valence-corrected chi connectivity index (χ2v) is 8.64. The monoisotopic (exact) mass is 491 g/mol. The third kappa shape index (κ3) is 5.16. The second kappa shape index (κ2) is 10.6. The molecule has 0 aromatic heterocycles. The van der Waals surface area contributed by atoms with Crippen LogP contribution in [0.2, 0.25) is 5.02 Å². The van der Waals surface area contributed by atoms with E-state index >= 15 is 0 Å². The zero-order chi connectivity index (χ0) is 24.9. The van der Waals surface area contributed by atoms with Crippen LogP contribution in [0.15, 0.2) is 72.8 Å². The van der Waals surface area contributed by atoms with E-state index in [2.05, 4.69) is 0 Å². The fourth-order valence-electron chi connectivity index (χ4n) is 4.33. The Morgan fingerprint density at radius 1 is 0.943 bits per heavy atom. The smallest absolute Gasteiger partial charge is 0.290 e. The molecule has 3 aromatic rings. The molecule has 178 valence electrons. The minimum absolute atomic E-state index is 0.0116. The number of hydrogen-bond donors (Lipinski definition) is 1. The highest BCUT2D eigenvalue weighted by Gasteiger charge is 2.39. The first kappa shape index (κ1) is 24.3. The normalized spacial score (nSPS) is 18.6. The molecular weight excluding hydrogens is 470 g/mol. The maximum absolute atomic E-state index is 13.0. The van der Waals surface area contributed by atoms with Gasteiger partial charge in [0, 0.05) is 16.5 Å². The Bertz CT molecular complexity index is 1220. The topological polar surface area (TPSA) is 101 Å². The molecule has 2 atom stereocenters. The molecular formula is C27H22ClNO6. The largest absolute Gasteiger partial charge is 0.483 e. The molecule has 0 radical (unpaired) electrons. The lowest BCUT2D eigenvalue weighted by Crippen LogP contribution is -2.36. The van der Waals surface area contributed by atoms with E-state index in [9.17, 15) is 14.4 Å². The lowest BCUT2D eigenvalue weighted by Gasteiger charge is -2.18. The molecule has 3 aromatic carbocycles. The fourth-order valence-corrected chi connectivity index (χ4v) is 4.46. The number of imide groups is 1. The molecule has 2 amide bonds. The van der Waals surface area contributed by atoms with Gasteiger partial charge in [-0.15, -0.1) is 0 Å². The van der Waals surface area contributed by atoms with Crippen molar-refractivity contribution in [1.82, 2.24) is 4.90 Å². The van der Waals surface area contributed by atoms with Crippen molar-refractivity contribution in [2.45, 2.75) is 12.5 Å². The Balaban J connectivity index is 0.000000917. The van der Waals surface area contributed by atoms with Crippen molar-refractivity contribution in [2.24, 2.45) is 5.92 Å². The highest BCUT2D eigenvalue weighted by atomic mass is 35.5. The van der Waals surface area contributed by atoms with E-state index in [0.717, 1.165) is 11.1 Å². The van der Waals surface area contributed by atoms with E-state index in [-0.39, 0.29) is 49.2 Å². The first-order valence-electron chi connectivity index (χ1n) is 11.0. The Kier molecular flexibility index (Phi) is 7.39. The summed E-state index contributed by atoms with van der Waals surface area (Å²) in [7, 11) is 0. The lowest BCUT2D eigenvalue weighted by molar-refractivity contribution is -0.122. The minimum atomic E-state index is -0.348. The minimum Gasteiger partial charge on any atom is -0.483 e. The van der Waals surface area contributed by atoms with Crippen molar-refractivity contribution in [3.63, 3.8) is 0 Å². The van der Waals surface area contributed by atoms with Crippen LogP contribution in [0.3, 0.4) is 0 Å². The van der Waals surface area contributed by atoms with Gasteiger partial charge >= 0.3 is 0 Å². The summed E-state index contributed by atoms with van der Waals surface area (Å²) in [6.45, 7) is 0.192. The van der Waals surface area contributed by atoms with Crippen molar-refractivity contribution >= 4 is 35.7 Å². The number of ether oxygens (including phenoxy) is 1. The molecule has 2 heterocycles. The molecule has 0 saturated carbocycles. The van der Waals surface area contributed by atoms with Gasteiger partial charge in [0.15, 0.2) is 5.78 Å². The van der Waals surface area contributed by atoms with Crippen LogP contribution in [-0.2, 0) is 9.53 Å². The van der Waals surface area contributed by atoms with Crippen LogP contribution in [0.4, 0.5) is 0 Å². The molecule has 0 spiro atoms. The lowest BCUT2D eigenvalue weighted by atomic mass is 9.93. The number of hydrogen-bond acceptors (Lipinski definition) is 5. The number of benzene rings is 3. The van der Waals surface area contributed by atoms with Crippen LogP contribution in [0, 0.1) is 5.92 Å². The molecule has 1 fully saturated rings. The number of amides is 2. The molecule has 2 aliphatic heterocycles. The number of carboxylic acid groups (broad SMARTS) is 1. The average molecular weight is 492 g/mol. The number of halogens is 1. The van der Waals surface area contributed by atoms with Crippen LogP contribution in [0.5, 0.6) is 0 Å². The van der Waals surface area contributed by atoms with Crippen LogP contribution in [0.25, 0.3) is 11.1 Å². The number of carbonyl (C=O) groups excluding carboxylic acids is 3. The van der Waals surface area contributed by atoms with E-state index < -0.39 is 0 Å². The van der Waals surface area contributed by atoms with Gasteiger partial charge in [0.05, 0.1) is 30.4 Å². The average Bonchev–Trinajstić information content (AvgIpc) is 3.44. The Morgan fingerprint density at radius 3 is 2.00 bits per heavy atom. The van der Waals surface area contributed by atoms with Gasteiger partial charge in [-0.25, -0.2) is 0 Å². The van der Waals surface area contributed by atoms with E-state index in [1.807, 2.05) is 48.5 Å². The molecule has 2 aliphatic rings. The predicted octanol–water partition coefficient (Wildman–Crippen LogP) is 4.59. The number of carbonyl (C=O) groups is 4. The van der Waals surface area contributed by atoms with E-state index in [4.69, 9.17) is 26.2 Å². The van der Waals surface area contributed by atoms with Crippen LogP contribution < -0.4 is 0 Å². The quantitative estimate of drug-likeness (QED) is 0.318. The zero-order valence-electron chi connectivity index (χ0n) is 18.6. The fraction of sp³-hybridized carbons (Fsp3) is 0.185. The molecule has 5 rings (SSSR count). The van der Waals surface area contributed by atoms with Gasteiger partial charge in [-0.05, 0) is 41.8 Å². The summed E-state index contributed by atoms with van der Waals surface area (Å²) >= 11 is 5.95. The van der Waals surface area contributed by atoms with Crippen LogP contribution in [0.1, 0.15) is 37.5 Å². The number of Topliss-reactive ketones (excluding diaryl/α,β-unsaturated/α-hetero) is 1. The summed E-state index contributed by atoms with van der Waals surface area (Å²) in [5.74, 6) is -0.891. The SMILES string of the molecule is O=C(c1ccc(-c2ccc(Cl)cc2)cc1)C1COC(CN2C(=O)c3ccccc3C2=O)C1.O=CO. The summed E-state index contributed by atoms with van der Waals surface area (Å²) in [5, 5.41) is 7.57. The molecule has 2 unspecified atom stereocenters. The third-order valence-corrected chi connectivity index (χ3v) is 6.31. The number of nitrogens with zero attached hydrogens (tertiary/aromatic N) is 1. The Hall–Kier alpha value is -3.81. The van der Waals surface area contributed by atoms with Crippen molar-refractivity contribution in [2.75, 3.05) is 13.2 Å². The maximum atomic E-state index is 13.0. The van der Waals surface area contributed by atoms with E-state index in [1.54, 1.807) is 24.3 Å². The van der Waals surface area contributed by atoms with Gasteiger partial charge in [0.1, 0.15) is 0 Å². The van der Waals surface area contributed by atoms with Crippen molar-refractivity contribution < 1.29 is 29.0 Å². The van der Waals surface area contributed by atoms with Crippen molar-refractivity contribution in [3.8, 4) is 11.1 Å². The van der Waals surface area contributed by atoms with E-state index in [1.165, 1.54) is 4.90 Å². The van der Waals surface area contributed by atoms with Crippen molar-refractivity contribution in [1.29, 1.82) is 0 Å². The van der Waals surface area contributed by atoms with Gasteiger partial charge in [0.25, 0.3) is 18.3 Å². The van der Waals surface area contributed by atoms with Gasteiger partial charge < -0.3 is 9.84 Å². The molecule has 1 N–H and O–H groups in total. The molecule has 35 heavy (non-hydrogen) atoms. The van der Waals surface area contributed by atoms with Crippen LogP contribution in [-0.4, -0.2) is 53.3 Å². The predicted molar refractivity (Wildman–Crippen MR) is 130 cm³/mol. The Labute approximate surface area is 206 Å². The number of fused-ring (bicyclic) bond motifs is 1. The standard InChI is InChI=1S/C26H20ClNO4.CH2O2/c27-20-11-9-17(10-12-20)16-5-7-18(8-6-16)24(29)19-13-21(32-15-19)14-28-25(30)22-3-1-2-4-23(22)26(28)31;2-1-3/h1-12,19,21H,13-15H2;1H,(H,2,3). The molecule has 0 bridgehead atoms. The summed E-state index contributed by atoms with van der Waals surface area (Å²) in [6, 6.07) is 21.8. The first-order chi connectivity index (χ1) is 16.9. The van der Waals surface area contributed by atoms with Crippen LogP contribution >= 0.6 is 11.6 Å². The zero-order valence-corrected chi connectivity index (χ0v) is 19.4. The van der Waals surface area contributed by atoms with Gasteiger partial charge in [-0.2, -0.15) is 0 Å². The second-order valence-electron chi connectivity index (χ2n) is 8.21. The summed E-state index contributed by atoms with van der Waals surface area (Å²) in [4.78, 5) is 47.7. The first-order valence-corrected chi connectivity index (χ1v) is 11.4. The highest BCUT2D eigenvalue weighted by Crippen LogP contribution is 2.29. The van der Waals surface area contributed by atoms with Crippen molar-refractivity contribution in [3.05, 3.63) is 94.5 Å². The Morgan fingerprint density at radius 2 is 1.46 bits per heavy atom. The summed E-state index contributed by atoms with van der Waals surface area (Å²) in [6.07, 6.45) is 0.130. The molecule has 7 nitrogen and oxygen atoms in total. The number of rotatable bonds is 5. The molecule has 1 saturated heterocycles. The molecule has 0 aliphatic carbocycles. The van der Waals surface area contributed by atoms with Gasteiger partial charge in [0.2, 0.25) is 0 Å². The molecule has 8 heteroatoms. The maximum Gasteiger partial charge on any atom is 0.290 e. The van der Waals surface area contributed by atoms with E-state index in [0.29, 0.717) is 28.1 Å². The van der Waals surface area contributed by atoms with Gasteiger partial charge in [-0.3, -0.25) is 24.1 Å². The summed E-state index contributed by atoms with van der Waals surface area (Å²) < 4.78 is 5.79. The van der Waals surface area contributed by atoms with Gasteiger partial charge in [-0.1, -0.05) is 60.1 Å².